The van der Waals surface area contributed by atoms with Crippen LogP contribution < -0.4 is 10.6 Å². The highest BCUT2D eigenvalue weighted by atomic mass is 35.5. The van der Waals surface area contributed by atoms with E-state index in [1.165, 1.54) is 24.0 Å². The lowest BCUT2D eigenvalue weighted by atomic mass is 9.88. The lowest BCUT2D eigenvalue weighted by Crippen LogP contribution is -2.38. The van der Waals surface area contributed by atoms with Crippen LogP contribution in [0.2, 0.25) is 5.15 Å². The Morgan fingerprint density at radius 1 is 1.43 bits per heavy atom. The molecule has 23 heavy (non-hydrogen) atoms. The molecule has 2 atom stereocenters. The predicted molar refractivity (Wildman–Crippen MR) is 97.5 cm³/mol. The molecule has 2 unspecified atom stereocenters. The standard InChI is InChI=1S/C16H22ClN5S/c1-18-13-15(17)20-10-21-16(13)19-9-11-5-3-7-22(2)14(11)12-6-4-8-23-12/h4,6,8,10-11,14,18H,3,5,7,9H2,1-2H3,(H,19,20,21). The Balaban J connectivity index is 1.75. The second kappa shape index (κ2) is 7.47. The van der Waals surface area contributed by atoms with E-state index in [1.54, 1.807) is 0 Å². The second-order valence-electron chi connectivity index (χ2n) is 5.86. The molecule has 124 valence electrons. The zero-order chi connectivity index (χ0) is 16.2. The Hall–Kier alpha value is -1.37. The molecule has 2 N–H and O–H groups in total. The summed E-state index contributed by atoms with van der Waals surface area (Å²) in [5, 5.41) is 9.14. The molecule has 0 saturated carbocycles. The third-order valence-electron chi connectivity index (χ3n) is 4.42. The van der Waals surface area contributed by atoms with Gasteiger partial charge in [-0.1, -0.05) is 17.7 Å². The third-order valence-corrected chi connectivity index (χ3v) is 5.65. The van der Waals surface area contributed by atoms with Crippen LogP contribution in [-0.4, -0.2) is 42.1 Å². The molecule has 0 amide bonds. The van der Waals surface area contributed by atoms with Gasteiger partial charge in [0.1, 0.15) is 12.0 Å². The van der Waals surface area contributed by atoms with Crippen LogP contribution in [0.5, 0.6) is 0 Å². The molecule has 1 aliphatic rings. The number of thiophene rings is 1. The smallest absolute Gasteiger partial charge is 0.157 e. The fourth-order valence-corrected chi connectivity index (χ4v) is 4.54. The van der Waals surface area contributed by atoms with Gasteiger partial charge in [0.2, 0.25) is 0 Å². The highest BCUT2D eigenvalue weighted by Crippen LogP contribution is 2.37. The van der Waals surface area contributed by atoms with Crippen molar-refractivity contribution in [3.8, 4) is 0 Å². The Morgan fingerprint density at radius 2 is 2.30 bits per heavy atom. The second-order valence-corrected chi connectivity index (χ2v) is 7.20. The van der Waals surface area contributed by atoms with E-state index in [4.69, 9.17) is 11.6 Å². The molecule has 0 spiro atoms. The van der Waals surface area contributed by atoms with E-state index >= 15 is 0 Å². The van der Waals surface area contributed by atoms with Gasteiger partial charge in [0.25, 0.3) is 0 Å². The zero-order valence-corrected chi connectivity index (χ0v) is 15.0. The molecular formula is C16H22ClN5S. The van der Waals surface area contributed by atoms with E-state index in [0.29, 0.717) is 17.1 Å². The number of hydrogen-bond acceptors (Lipinski definition) is 6. The Bertz CT molecular complexity index is 633. The van der Waals surface area contributed by atoms with Gasteiger partial charge in [-0.15, -0.1) is 11.3 Å². The molecule has 0 radical (unpaired) electrons. The van der Waals surface area contributed by atoms with Crippen LogP contribution in [0.1, 0.15) is 23.8 Å². The minimum absolute atomic E-state index is 0.445. The van der Waals surface area contributed by atoms with Gasteiger partial charge in [-0.05, 0) is 43.8 Å². The number of aromatic nitrogens is 2. The van der Waals surface area contributed by atoms with Gasteiger partial charge in [-0.25, -0.2) is 9.97 Å². The monoisotopic (exact) mass is 351 g/mol. The lowest BCUT2D eigenvalue weighted by molar-refractivity contribution is 0.130. The molecule has 2 aromatic heterocycles. The molecule has 1 saturated heterocycles. The van der Waals surface area contributed by atoms with Crippen LogP contribution in [0.25, 0.3) is 0 Å². The molecule has 0 bridgehead atoms. The normalized spacial score (nSPS) is 22.0. The molecule has 5 nitrogen and oxygen atoms in total. The Labute approximate surface area is 146 Å². The molecular weight excluding hydrogens is 330 g/mol. The van der Waals surface area contributed by atoms with Crippen LogP contribution in [0, 0.1) is 5.92 Å². The molecule has 2 aromatic rings. The first-order valence-electron chi connectivity index (χ1n) is 7.86. The van der Waals surface area contributed by atoms with E-state index in [9.17, 15) is 0 Å². The average molecular weight is 352 g/mol. The van der Waals surface area contributed by atoms with Crippen LogP contribution in [0.15, 0.2) is 23.8 Å². The van der Waals surface area contributed by atoms with Crippen molar-refractivity contribution >= 4 is 34.4 Å². The highest BCUT2D eigenvalue weighted by Gasteiger charge is 2.31. The van der Waals surface area contributed by atoms with E-state index in [-0.39, 0.29) is 0 Å². The first-order chi connectivity index (χ1) is 11.2. The molecule has 0 aromatic carbocycles. The molecule has 0 aliphatic carbocycles. The van der Waals surface area contributed by atoms with Gasteiger partial charge in [-0.2, -0.15) is 0 Å². The predicted octanol–water partition coefficient (Wildman–Crippen LogP) is 3.73. The number of hydrogen-bond donors (Lipinski definition) is 2. The maximum absolute atomic E-state index is 6.12. The molecule has 3 heterocycles. The minimum Gasteiger partial charge on any atom is -0.383 e. The van der Waals surface area contributed by atoms with E-state index in [2.05, 4.69) is 50.1 Å². The number of likely N-dealkylation sites (tertiary alicyclic amines) is 1. The number of halogens is 1. The molecule has 3 rings (SSSR count). The van der Waals surface area contributed by atoms with Crippen LogP contribution in [0.3, 0.4) is 0 Å². The van der Waals surface area contributed by atoms with Gasteiger partial charge in [0, 0.05) is 24.5 Å². The van der Waals surface area contributed by atoms with E-state index in [1.807, 2.05) is 18.4 Å². The summed E-state index contributed by atoms with van der Waals surface area (Å²) in [7, 11) is 4.05. The maximum Gasteiger partial charge on any atom is 0.157 e. The van der Waals surface area contributed by atoms with Crippen LogP contribution >= 0.6 is 22.9 Å². The number of nitrogens with zero attached hydrogens (tertiary/aromatic N) is 3. The van der Waals surface area contributed by atoms with Crippen molar-refractivity contribution in [1.82, 2.24) is 14.9 Å². The van der Waals surface area contributed by atoms with Gasteiger partial charge in [0.15, 0.2) is 11.0 Å². The Kier molecular flexibility index (Phi) is 5.35. The number of piperidine rings is 1. The zero-order valence-electron chi connectivity index (χ0n) is 13.4. The number of anilines is 2. The van der Waals surface area contributed by atoms with Crippen molar-refractivity contribution in [2.75, 3.05) is 37.8 Å². The van der Waals surface area contributed by atoms with Gasteiger partial charge >= 0.3 is 0 Å². The van der Waals surface area contributed by atoms with Crippen molar-refractivity contribution in [3.63, 3.8) is 0 Å². The quantitative estimate of drug-likeness (QED) is 0.804. The van der Waals surface area contributed by atoms with Crippen molar-refractivity contribution in [1.29, 1.82) is 0 Å². The summed E-state index contributed by atoms with van der Waals surface area (Å²) >= 11 is 7.96. The van der Waals surface area contributed by atoms with E-state index in [0.717, 1.165) is 24.6 Å². The topological polar surface area (TPSA) is 53.1 Å². The van der Waals surface area contributed by atoms with Gasteiger partial charge < -0.3 is 10.6 Å². The summed E-state index contributed by atoms with van der Waals surface area (Å²) in [6.07, 6.45) is 3.94. The summed E-state index contributed by atoms with van der Waals surface area (Å²) in [4.78, 5) is 12.2. The van der Waals surface area contributed by atoms with Crippen molar-refractivity contribution in [2.24, 2.45) is 5.92 Å². The number of nitrogens with one attached hydrogen (secondary N) is 2. The highest BCUT2D eigenvalue weighted by molar-refractivity contribution is 7.10. The summed E-state index contributed by atoms with van der Waals surface area (Å²) in [5.41, 5.74) is 0.756. The van der Waals surface area contributed by atoms with Gasteiger partial charge in [0.05, 0.1) is 0 Å². The summed E-state index contributed by atoms with van der Waals surface area (Å²) < 4.78 is 0. The lowest BCUT2D eigenvalue weighted by Gasteiger charge is -2.39. The van der Waals surface area contributed by atoms with Crippen molar-refractivity contribution < 1.29 is 0 Å². The first-order valence-corrected chi connectivity index (χ1v) is 9.12. The maximum atomic E-state index is 6.12. The first kappa shape index (κ1) is 16.5. The fourth-order valence-electron chi connectivity index (χ4n) is 3.33. The summed E-state index contributed by atoms with van der Waals surface area (Å²) in [6, 6.07) is 4.84. The van der Waals surface area contributed by atoms with Crippen LogP contribution in [0.4, 0.5) is 11.5 Å². The summed E-state index contributed by atoms with van der Waals surface area (Å²) in [5.74, 6) is 1.32. The minimum atomic E-state index is 0.445. The van der Waals surface area contributed by atoms with Crippen LogP contribution in [-0.2, 0) is 0 Å². The van der Waals surface area contributed by atoms with Crippen molar-refractivity contribution in [3.05, 3.63) is 33.9 Å². The van der Waals surface area contributed by atoms with Crippen molar-refractivity contribution in [2.45, 2.75) is 18.9 Å². The SMILES string of the molecule is CNc1c(Cl)ncnc1NCC1CCCN(C)C1c1cccs1. The van der Waals surface area contributed by atoms with Gasteiger partial charge in [-0.3, -0.25) is 4.90 Å². The van der Waals surface area contributed by atoms with E-state index < -0.39 is 0 Å². The molecule has 1 fully saturated rings. The fraction of sp³-hybridized carbons (Fsp3) is 0.500. The number of rotatable bonds is 5. The molecule has 1 aliphatic heterocycles. The largest absolute Gasteiger partial charge is 0.383 e. The third kappa shape index (κ3) is 3.59. The summed E-state index contributed by atoms with van der Waals surface area (Å²) in [6.45, 7) is 2.02. The average Bonchev–Trinajstić information content (AvgIpc) is 3.07. The molecule has 7 heteroatoms. The Morgan fingerprint density at radius 3 is 3.04 bits per heavy atom.